The number of fused-ring (bicyclic) bond motifs is 1. The van der Waals surface area contributed by atoms with Crippen LogP contribution in [0.1, 0.15) is 19.0 Å². The highest BCUT2D eigenvalue weighted by Gasteiger charge is 2.11. The molecule has 10 heteroatoms. The van der Waals surface area contributed by atoms with Crippen LogP contribution in [-0.2, 0) is 12.3 Å². The molecule has 164 valence electrons. The lowest BCUT2D eigenvalue weighted by Gasteiger charge is -2.12. The minimum absolute atomic E-state index is 0.163. The third kappa shape index (κ3) is 5.12. The molecule has 32 heavy (non-hydrogen) atoms. The van der Waals surface area contributed by atoms with Crippen LogP contribution in [0.4, 0.5) is 16.2 Å². The Hall–Kier alpha value is -3.30. The van der Waals surface area contributed by atoms with Gasteiger partial charge in [0.1, 0.15) is 6.33 Å². The number of nitrogens with zero attached hydrogens (tertiary/aromatic N) is 4. The zero-order valence-corrected chi connectivity index (χ0v) is 18.9. The molecule has 0 saturated carbocycles. The van der Waals surface area contributed by atoms with Crippen molar-refractivity contribution in [2.24, 2.45) is 0 Å². The summed E-state index contributed by atoms with van der Waals surface area (Å²) in [7, 11) is 0. The number of benzene rings is 2. The highest BCUT2D eigenvalue weighted by atomic mass is 35.5. The molecule has 2 heterocycles. The number of anilines is 2. The second-order valence-corrected chi connectivity index (χ2v) is 8.43. The van der Waals surface area contributed by atoms with E-state index in [2.05, 4.69) is 20.6 Å². The Kier molecular flexibility index (Phi) is 6.77. The Morgan fingerprint density at radius 2 is 1.97 bits per heavy atom. The minimum atomic E-state index is -0.375. The lowest BCUT2D eigenvalue weighted by Crippen LogP contribution is -2.21. The van der Waals surface area contributed by atoms with Crippen LogP contribution < -0.4 is 16.2 Å². The topological polar surface area (TPSA) is 93.3 Å². The van der Waals surface area contributed by atoms with Crippen molar-refractivity contribution in [3.05, 3.63) is 82.0 Å². The first-order chi connectivity index (χ1) is 15.5. The van der Waals surface area contributed by atoms with Gasteiger partial charge in [0.05, 0.1) is 11.4 Å². The second-order valence-electron chi connectivity index (χ2n) is 6.98. The minimum Gasteiger partial charge on any atom is -0.308 e. The number of nitrogens with one attached hydrogen (secondary N) is 2. The van der Waals surface area contributed by atoms with Crippen LogP contribution in [0.3, 0.4) is 0 Å². The van der Waals surface area contributed by atoms with E-state index < -0.39 is 0 Å². The smallest absolute Gasteiger partial charge is 0.308 e. The van der Waals surface area contributed by atoms with Gasteiger partial charge in [0.2, 0.25) is 0 Å². The van der Waals surface area contributed by atoms with Crippen molar-refractivity contribution >= 4 is 46.5 Å². The molecule has 0 bridgehead atoms. The predicted molar refractivity (Wildman–Crippen MR) is 128 cm³/mol. The van der Waals surface area contributed by atoms with E-state index in [1.165, 1.54) is 22.3 Å². The van der Waals surface area contributed by atoms with Gasteiger partial charge >= 0.3 is 6.03 Å². The number of aryl methyl sites for hydroxylation is 1. The number of halogens is 1. The molecule has 0 fully saturated rings. The van der Waals surface area contributed by atoms with E-state index in [0.29, 0.717) is 40.2 Å². The number of aromatic nitrogens is 4. The number of carbonyl (C=O) groups is 1. The lowest BCUT2D eigenvalue weighted by molar-refractivity contribution is 0.262. The Morgan fingerprint density at radius 3 is 2.78 bits per heavy atom. The van der Waals surface area contributed by atoms with Crippen LogP contribution in [0, 0.1) is 0 Å². The van der Waals surface area contributed by atoms with Gasteiger partial charge in [-0.3, -0.25) is 9.48 Å². The third-order valence-electron chi connectivity index (χ3n) is 4.54. The summed E-state index contributed by atoms with van der Waals surface area (Å²) in [5.74, 6) is 0.843. The van der Waals surface area contributed by atoms with Crippen LogP contribution in [0.15, 0.2) is 70.6 Å². The number of amides is 2. The average molecular weight is 469 g/mol. The van der Waals surface area contributed by atoms with Gasteiger partial charge in [-0.05, 0) is 36.8 Å². The Balaban J connectivity index is 1.46. The van der Waals surface area contributed by atoms with Crippen molar-refractivity contribution in [2.45, 2.75) is 30.5 Å². The molecule has 4 rings (SSSR count). The Bertz CT molecular complexity index is 1320. The number of para-hydroxylation sites is 1. The van der Waals surface area contributed by atoms with Crippen molar-refractivity contribution in [3.8, 4) is 0 Å². The molecule has 4 aromatic rings. The second kappa shape index (κ2) is 9.88. The number of hydrogen-bond donors (Lipinski definition) is 2. The van der Waals surface area contributed by atoms with E-state index in [1.54, 1.807) is 35.3 Å². The van der Waals surface area contributed by atoms with E-state index in [4.69, 9.17) is 11.6 Å². The van der Waals surface area contributed by atoms with Crippen molar-refractivity contribution in [2.75, 3.05) is 10.6 Å². The van der Waals surface area contributed by atoms with Crippen molar-refractivity contribution in [3.63, 3.8) is 0 Å². The summed E-state index contributed by atoms with van der Waals surface area (Å²) in [6, 6.07) is 15.5. The van der Waals surface area contributed by atoms with Gasteiger partial charge in [-0.25, -0.2) is 9.78 Å². The quantitative estimate of drug-likeness (QED) is 0.376. The summed E-state index contributed by atoms with van der Waals surface area (Å²) in [6.45, 7) is 2.73. The first-order valence-electron chi connectivity index (χ1n) is 10.0. The first kappa shape index (κ1) is 21.9. The van der Waals surface area contributed by atoms with Gasteiger partial charge in [0.25, 0.3) is 11.3 Å². The molecule has 0 aliphatic rings. The van der Waals surface area contributed by atoms with Crippen LogP contribution >= 0.6 is 23.4 Å². The first-order valence-corrected chi connectivity index (χ1v) is 11.4. The zero-order valence-electron chi connectivity index (χ0n) is 17.3. The molecule has 2 amide bonds. The molecule has 0 spiro atoms. The number of hydrogen-bond acceptors (Lipinski definition) is 5. The summed E-state index contributed by atoms with van der Waals surface area (Å²) in [4.78, 5) is 34.6. The SMILES string of the molecule is CCCn1cnc2nc(CSc3ccccc3NC(=O)Nc3cccc(Cl)c3)cc(=O)n21. The molecule has 0 aliphatic heterocycles. The largest absolute Gasteiger partial charge is 0.323 e. The van der Waals surface area contributed by atoms with Crippen molar-refractivity contribution in [1.82, 2.24) is 19.2 Å². The normalized spacial score (nSPS) is 10.9. The molecule has 0 saturated heterocycles. The molecular weight excluding hydrogens is 448 g/mol. The van der Waals surface area contributed by atoms with Crippen LogP contribution in [0.5, 0.6) is 0 Å². The third-order valence-corrected chi connectivity index (χ3v) is 5.88. The predicted octanol–water partition coefficient (Wildman–Crippen LogP) is 4.89. The van der Waals surface area contributed by atoms with E-state index in [-0.39, 0.29) is 11.6 Å². The van der Waals surface area contributed by atoms with Gasteiger partial charge < -0.3 is 10.6 Å². The molecule has 0 aliphatic carbocycles. The van der Waals surface area contributed by atoms with Crippen molar-refractivity contribution < 1.29 is 4.79 Å². The number of rotatable bonds is 7. The number of carbonyl (C=O) groups excluding carboxylic acids is 1. The highest BCUT2D eigenvalue weighted by molar-refractivity contribution is 7.98. The molecule has 2 aromatic heterocycles. The Morgan fingerprint density at radius 1 is 1.12 bits per heavy atom. The van der Waals surface area contributed by atoms with E-state index in [0.717, 1.165) is 11.3 Å². The standard InChI is InChI=1S/C22H21ClN6O2S/c1-2-10-28-14-24-21-25-17(12-20(30)29(21)28)13-32-19-9-4-3-8-18(19)27-22(31)26-16-7-5-6-15(23)11-16/h3-9,11-12,14H,2,10,13H2,1H3,(H2,26,27,31). The fraction of sp³-hybridized carbons (Fsp3) is 0.182. The van der Waals surface area contributed by atoms with Gasteiger partial charge in [-0.1, -0.05) is 36.7 Å². The van der Waals surface area contributed by atoms with Crippen LogP contribution in [-0.4, -0.2) is 25.2 Å². The fourth-order valence-corrected chi connectivity index (χ4v) is 4.26. The summed E-state index contributed by atoms with van der Waals surface area (Å²) in [5.41, 5.74) is 1.71. The van der Waals surface area contributed by atoms with Gasteiger partial charge in [-0.2, -0.15) is 9.50 Å². The monoisotopic (exact) mass is 468 g/mol. The maximum Gasteiger partial charge on any atom is 0.323 e. The summed E-state index contributed by atoms with van der Waals surface area (Å²) >= 11 is 7.44. The summed E-state index contributed by atoms with van der Waals surface area (Å²) in [6.07, 6.45) is 2.52. The average Bonchev–Trinajstić information content (AvgIpc) is 3.17. The van der Waals surface area contributed by atoms with Crippen LogP contribution in [0.25, 0.3) is 5.78 Å². The number of thioether (sulfide) groups is 1. The van der Waals surface area contributed by atoms with E-state index >= 15 is 0 Å². The summed E-state index contributed by atoms with van der Waals surface area (Å²) < 4.78 is 3.24. The molecule has 0 atom stereocenters. The zero-order chi connectivity index (χ0) is 22.5. The van der Waals surface area contributed by atoms with Crippen LogP contribution in [0.2, 0.25) is 5.02 Å². The summed E-state index contributed by atoms with van der Waals surface area (Å²) in [5, 5.41) is 6.16. The molecule has 8 nitrogen and oxygen atoms in total. The maximum absolute atomic E-state index is 12.6. The maximum atomic E-state index is 12.6. The van der Waals surface area contributed by atoms with Gasteiger partial charge in [0.15, 0.2) is 0 Å². The molecule has 2 aromatic carbocycles. The Labute approximate surface area is 193 Å². The fourth-order valence-electron chi connectivity index (χ4n) is 3.16. The molecule has 0 radical (unpaired) electrons. The molecule has 2 N–H and O–H groups in total. The van der Waals surface area contributed by atoms with Gasteiger partial charge in [-0.15, -0.1) is 11.8 Å². The molecular formula is C22H21ClN6O2S. The highest BCUT2D eigenvalue weighted by Crippen LogP contribution is 2.29. The van der Waals surface area contributed by atoms with Crippen molar-refractivity contribution in [1.29, 1.82) is 0 Å². The molecule has 0 unspecified atom stereocenters. The van der Waals surface area contributed by atoms with E-state index in [1.807, 2.05) is 31.2 Å². The van der Waals surface area contributed by atoms with E-state index in [9.17, 15) is 9.59 Å². The van der Waals surface area contributed by atoms with Gasteiger partial charge in [0, 0.05) is 34.0 Å². The number of urea groups is 1. The lowest BCUT2D eigenvalue weighted by atomic mass is 10.3.